The first kappa shape index (κ1) is 20.5. The number of aliphatic hydroxyl groups excluding tert-OH is 1. The van der Waals surface area contributed by atoms with Gasteiger partial charge in [0, 0.05) is 10.6 Å². The molecule has 5 nitrogen and oxygen atoms in total. The lowest BCUT2D eigenvalue weighted by atomic mass is 9.90. The Labute approximate surface area is 181 Å². The molecule has 1 amide bonds. The summed E-state index contributed by atoms with van der Waals surface area (Å²) < 4.78 is 0. The van der Waals surface area contributed by atoms with Crippen LogP contribution in [0.5, 0.6) is 0 Å². The number of halogens is 1. The van der Waals surface area contributed by atoms with Gasteiger partial charge in [-0.1, -0.05) is 55.3 Å². The molecule has 1 heterocycles. The lowest BCUT2D eigenvalue weighted by molar-refractivity contribution is -0.115. The van der Waals surface area contributed by atoms with Crippen molar-refractivity contribution in [1.82, 2.24) is 9.97 Å². The van der Waals surface area contributed by atoms with Crippen LogP contribution in [-0.2, 0) is 37.1 Å². The Morgan fingerprint density at radius 2 is 1.87 bits per heavy atom. The zero-order valence-electron chi connectivity index (χ0n) is 16.9. The third kappa shape index (κ3) is 4.37. The van der Waals surface area contributed by atoms with Crippen LogP contribution < -0.4 is 5.32 Å². The van der Waals surface area contributed by atoms with Crippen molar-refractivity contribution in [1.29, 1.82) is 0 Å². The minimum Gasteiger partial charge on any atom is -0.392 e. The van der Waals surface area contributed by atoms with Crippen LogP contribution in [0.15, 0.2) is 42.5 Å². The molecule has 1 aliphatic rings. The molecule has 4 rings (SSSR count). The molecule has 1 aliphatic carbocycles. The fourth-order valence-corrected chi connectivity index (χ4v) is 3.93. The van der Waals surface area contributed by atoms with Gasteiger partial charge in [-0.3, -0.25) is 4.79 Å². The van der Waals surface area contributed by atoms with Crippen LogP contribution >= 0.6 is 11.6 Å². The molecule has 0 saturated carbocycles. The standard InChI is InChI=1S/C24H24ClN3O2/c1-2-3-21-24(28-22(30)13-15-4-8-18(25)9-5-15)27-20-11-7-17-12-16(14-29)6-10-19(17)23(20)26-21/h4-6,8-10,12,29H,2-3,7,11,13-14H2,1H3,(H,27,28,30). The van der Waals surface area contributed by atoms with Gasteiger partial charge in [-0.15, -0.1) is 0 Å². The maximum absolute atomic E-state index is 12.6. The van der Waals surface area contributed by atoms with Crippen molar-refractivity contribution in [2.24, 2.45) is 0 Å². The predicted octanol–water partition coefficient (Wildman–Crippen LogP) is 4.52. The molecule has 30 heavy (non-hydrogen) atoms. The third-order valence-corrected chi connectivity index (χ3v) is 5.55. The lowest BCUT2D eigenvalue weighted by Gasteiger charge is -2.21. The predicted molar refractivity (Wildman–Crippen MR) is 119 cm³/mol. The quantitative estimate of drug-likeness (QED) is 0.613. The highest BCUT2D eigenvalue weighted by Crippen LogP contribution is 2.33. The minimum absolute atomic E-state index is 0.0332. The number of amides is 1. The van der Waals surface area contributed by atoms with Crippen LogP contribution in [0.25, 0.3) is 11.3 Å². The Morgan fingerprint density at radius 1 is 1.10 bits per heavy atom. The van der Waals surface area contributed by atoms with Crippen LogP contribution in [0, 0.1) is 0 Å². The summed E-state index contributed by atoms with van der Waals surface area (Å²) in [6.45, 7) is 2.12. The molecule has 0 bridgehead atoms. The molecule has 2 N–H and O–H groups in total. The number of hydrogen-bond acceptors (Lipinski definition) is 4. The zero-order chi connectivity index (χ0) is 21.1. The number of carbonyl (C=O) groups is 1. The van der Waals surface area contributed by atoms with Crippen molar-refractivity contribution < 1.29 is 9.90 Å². The molecule has 0 saturated heterocycles. The van der Waals surface area contributed by atoms with Crippen molar-refractivity contribution in [3.63, 3.8) is 0 Å². The van der Waals surface area contributed by atoms with E-state index in [0.29, 0.717) is 10.8 Å². The Bertz CT molecular complexity index is 1080. The first-order chi connectivity index (χ1) is 14.6. The van der Waals surface area contributed by atoms with Gasteiger partial charge in [0.25, 0.3) is 0 Å². The first-order valence-corrected chi connectivity index (χ1v) is 10.6. The van der Waals surface area contributed by atoms with E-state index in [9.17, 15) is 9.90 Å². The second kappa shape index (κ2) is 8.94. The van der Waals surface area contributed by atoms with Gasteiger partial charge in [-0.05, 0) is 48.1 Å². The fraction of sp³-hybridized carbons (Fsp3) is 0.292. The van der Waals surface area contributed by atoms with E-state index in [0.717, 1.165) is 59.5 Å². The van der Waals surface area contributed by atoms with E-state index >= 15 is 0 Å². The van der Waals surface area contributed by atoms with E-state index in [4.69, 9.17) is 21.6 Å². The Kier molecular flexibility index (Phi) is 6.11. The number of rotatable bonds is 6. The van der Waals surface area contributed by atoms with Crippen LogP contribution in [-0.4, -0.2) is 21.0 Å². The number of aryl methyl sites for hydroxylation is 3. The summed E-state index contributed by atoms with van der Waals surface area (Å²) >= 11 is 5.92. The van der Waals surface area contributed by atoms with Crippen molar-refractivity contribution in [2.75, 3.05) is 5.32 Å². The highest BCUT2D eigenvalue weighted by atomic mass is 35.5. The molecule has 2 aromatic carbocycles. The zero-order valence-corrected chi connectivity index (χ0v) is 17.7. The van der Waals surface area contributed by atoms with Gasteiger partial charge in [0.2, 0.25) is 5.91 Å². The van der Waals surface area contributed by atoms with E-state index < -0.39 is 0 Å². The molecular weight excluding hydrogens is 398 g/mol. The highest BCUT2D eigenvalue weighted by molar-refractivity contribution is 6.30. The Morgan fingerprint density at radius 3 is 2.60 bits per heavy atom. The number of aliphatic hydroxyl groups is 1. The van der Waals surface area contributed by atoms with Gasteiger partial charge in [0.1, 0.15) is 0 Å². The Hall–Kier alpha value is -2.76. The SMILES string of the molecule is CCCc1nc2c(nc1NC(=O)Cc1ccc(Cl)cc1)CCc1cc(CO)ccc1-2. The smallest absolute Gasteiger partial charge is 0.229 e. The monoisotopic (exact) mass is 421 g/mol. The molecule has 0 fully saturated rings. The van der Waals surface area contributed by atoms with Gasteiger partial charge in [-0.25, -0.2) is 9.97 Å². The highest BCUT2D eigenvalue weighted by Gasteiger charge is 2.22. The molecule has 1 aromatic heterocycles. The topological polar surface area (TPSA) is 75.1 Å². The number of aromatic nitrogens is 2. The summed E-state index contributed by atoms with van der Waals surface area (Å²) in [5, 5.41) is 13.0. The molecule has 0 aliphatic heterocycles. The van der Waals surface area contributed by atoms with Gasteiger partial charge in [0.05, 0.1) is 30.1 Å². The van der Waals surface area contributed by atoms with Crippen LogP contribution in [0.3, 0.4) is 0 Å². The number of carbonyl (C=O) groups excluding carboxylic acids is 1. The van der Waals surface area contributed by atoms with Gasteiger partial charge in [-0.2, -0.15) is 0 Å². The van der Waals surface area contributed by atoms with E-state index in [1.54, 1.807) is 12.1 Å². The number of hydrogen-bond donors (Lipinski definition) is 2. The molecule has 0 unspecified atom stereocenters. The van der Waals surface area contributed by atoms with Crippen molar-refractivity contribution >= 4 is 23.3 Å². The summed E-state index contributed by atoms with van der Waals surface area (Å²) in [5.41, 5.74) is 6.65. The summed E-state index contributed by atoms with van der Waals surface area (Å²) in [5.74, 6) is 0.442. The number of nitrogens with one attached hydrogen (secondary N) is 1. The molecule has 154 valence electrons. The number of fused-ring (bicyclic) bond motifs is 3. The molecule has 0 radical (unpaired) electrons. The maximum Gasteiger partial charge on any atom is 0.229 e. The van der Waals surface area contributed by atoms with E-state index in [1.165, 1.54) is 5.56 Å². The minimum atomic E-state index is -0.118. The largest absolute Gasteiger partial charge is 0.392 e. The van der Waals surface area contributed by atoms with Gasteiger partial charge in [0.15, 0.2) is 5.82 Å². The van der Waals surface area contributed by atoms with Crippen LogP contribution in [0.4, 0.5) is 5.82 Å². The second-order valence-corrected chi connectivity index (χ2v) is 8.00. The van der Waals surface area contributed by atoms with Crippen molar-refractivity contribution in [3.05, 3.63) is 75.6 Å². The molecule has 6 heteroatoms. The van der Waals surface area contributed by atoms with Gasteiger partial charge < -0.3 is 10.4 Å². The third-order valence-electron chi connectivity index (χ3n) is 5.30. The summed E-state index contributed by atoms with van der Waals surface area (Å²) in [6, 6.07) is 13.3. The fourth-order valence-electron chi connectivity index (χ4n) is 3.81. The van der Waals surface area contributed by atoms with Crippen molar-refractivity contribution in [3.8, 4) is 11.3 Å². The molecular formula is C24H24ClN3O2. The number of benzene rings is 2. The average molecular weight is 422 g/mol. The van der Waals surface area contributed by atoms with Crippen molar-refractivity contribution in [2.45, 2.75) is 45.6 Å². The van der Waals surface area contributed by atoms with Gasteiger partial charge >= 0.3 is 0 Å². The van der Waals surface area contributed by atoms with E-state index in [-0.39, 0.29) is 18.9 Å². The lowest BCUT2D eigenvalue weighted by Crippen LogP contribution is -2.19. The first-order valence-electron chi connectivity index (χ1n) is 10.2. The summed E-state index contributed by atoms with van der Waals surface area (Å²) in [7, 11) is 0. The molecule has 0 spiro atoms. The van der Waals surface area contributed by atoms with Crippen LogP contribution in [0.1, 0.15) is 41.4 Å². The maximum atomic E-state index is 12.6. The van der Waals surface area contributed by atoms with Crippen LogP contribution in [0.2, 0.25) is 5.02 Å². The Balaban J connectivity index is 1.62. The normalized spacial score (nSPS) is 12.2. The summed E-state index contributed by atoms with van der Waals surface area (Å²) in [6.07, 6.45) is 3.51. The second-order valence-electron chi connectivity index (χ2n) is 7.57. The van der Waals surface area contributed by atoms with E-state index in [1.807, 2.05) is 30.3 Å². The number of anilines is 1. The molecule has 3 aromatic rings. The molecule has 0 atom stereocenters. The number of nitrogens with zero attached hydrogens (tertiary/aromatic N) is 2. The van der Waals surface area contributed by atoms with E-state index in [2.05, 4.69) is 12.2 Å². The average Bonchev–Trinajstić information content (AvgIpc) is 2.75. The summed E-state index contributed by atoms with van der Waals surface area (Å²) in [4.78, 5) is 22.3.